The lowest BCUT2D eigenvalue weighted by Gasteiger charge is -2.02. The lowest BCUT2D eigenvalue weighted by atomic mass is 10.1. The number of carbonyl (C=O) groups excluding carboxylic acids is 1. The fourth-order valence-corrected chi connectivity index (χ4v) is 1.02. The summed E-state index contributed by atoms with van der Waals surface area (Å²) in [5, 5.41) is 8.23. The molecule has 6 heteroatoms. The Hall–Kier alpha value is -1.82. The van der Waals surface area contributed by atoms with Crippen LogP contribution in [0.15, 0.2) is 18.2 Å². The van der Waals surface area contributed by atoms with Gasteiger partial charge in [0.05, 0.1) is 5.56 Å². The molecule has 0 bridgehead atoms. The molecule has 0 aliphatic rings. The minimum atomic E-state index is -1.23. The molecule has 0 saturated heterocycles. The fourth-order valence-electron chi connectivity index (χ4n) is 1.02. The van der Waals surface area contributed by atoms with Gasteiger partial charge in [0.2, 0.25) is 0 Å². The van der Waals surface area contributed by atoms with Crippen molar-refractivity contribution in [1.82, 2.24) is 0 Å². The van der Waals surface area contributed by atoms with Crippen LogP contribution in [0.25, 0.3) is 0 Å². The SMILES string of the molecule is O=C(O)COCC(=O)c1ccc(F)cc1F. The van der Waals surface area contributed by atoms with Crippen molar-refractivity contribution in [2.24, 2.45) is 0 Å². The zero-order valence-corrected chi connectivity index (χ0v) is 8.07. The van der Waals surface area contributed by atoms with Crippen molar-refractivity contribution in [2.45, 2.75) is 0 Å². The summed E-state index contributed by atoms with van der Waals surface area (Å²) in [4.78, 5) is 21.3. The molecule has 1 N–H and O–H groups in total. The Balaban J connectivity index is 2.63. The number of carbonyl (C=O) groups is 2. The molecule has 1 aromatic rings. The van der Waals surface area contributed by atoms with Crippen molar-refractivity contribution in [2.75, 3.05) is 13.2 Å². The maximum Gasteiger partial charge on any atom is 0.329 e. The van der Waals surface area contributed by atoms with Crippen molar-refractivity contribution in [3.8, 4) is 0 Å². The summed E-state index contributed by atoms with van der Waals surface area (Å²) in [6.45, 7) is -1.20. The summed E-state index contributed by atoms with van der Waals surface area (Å²) in [6.07, 6.45) is 0. The summed E-state index contributed by atoms with van der Waals surface area (Å²) in [7, 11) is 0. The quantitative estimate of drug-likeness (QED) is 0.773. The van der Waals surface area contributed by atoms with E-state index in [2.05, 4.69) is 4.74 Å². The maximum absolute atomic E-state index is 13.1. The zero-order chi connectivity index (χ0) is 12.1. The van der Waals surface area contributed by atoms with Gasteiger partial charge in [-0.1, -0.05) is 0 Å². The Labute approximate surface area is 89.5 Å². The van der Waals surface area contributed by atoms with Crippen LogP contribution in [0, 0.1) is 11.6 Å². The van der Waals surface area contributed by atoms with Gasteiger partial charge in [-0.3, -0.25) is 4.79 Å². The Morgan fingerprint density at radius 1 is 1.25 bits per heavy atom. The molecule has 0 aromatic heterocycles. The van der Waals surface area contributed by atoms with E-state index in [9.17, 15) is 18.4 Å². The average molecular weight is 230 g/mol. The topological polar surface area (TPSA) is 63.6 Å². The van der Waals surface area contributed by atoms with Gasteiger partial charge in [-0.05, 0) is 12.1 Å². The molecule has 0 amide bonds. The predicted octanol–water partition coefficient (Wildman–Crippen LogP) is 1.25. The van der Waals surface area contributed by atoms with Gasteiger partial charge in [0.1, 0.15) is 24.8 Å². The molecular weight excluding hydrogens is 222 g/mol. The Morgan fingerprint density at radius 3 is 2.50 bits per heavy atom. The van der Waals surface area contributed by atoms with Gasteiger partial charge in [-0.2, -0.15) is 0 Å². The van der Waals surface area contributed by atoms with Gasteiger partial charge in [0, 0.05) is 6.07 Å². The number of aliphatic carboxylic acids is 1. The van der Waals surface area contributed by atoms with Gasteiger partial charge in [-0.15, -0.1) is 0 Å². The monoisotopic (exact) mass is 230 g/mol. The minimum absolute atomic E-state index is 0.327. The highest BCUT2D eigenvalue weighted by Gasteiger charge is 2.13. The standard InChI is InChI=1S/C10H8F2O4/c11-6-1-2-7(8(12)3-6)9(13)4-16-5-10(14)15/h1-3H,4-5H2,(H,14,15). The van der Waals surface area contributed by atoms with Gasteiger partial charge in [-0.25, -0.2) is 13.6 Å². The third-order valence-corrected chi connectivity index (χ3v) is 1.69. The summed E-state index contributed by atoms with van der Waals surface area (Å²) < 4.78 is 30.0. The van der Waals surface area contributed by atoms with E-state index < -0.39 is 36.6 Å². The molecule has 0 radical (unpaired) electrons. The van der Waals surface area contributed by atoms with Crippen molar-refractivity contribution in [3.05, 3.63) is 35.4 Å². The molecule has 1 aromatic carbocycles. The lowest BCUT2D eigenvalue weighted by Crippen LogP contribution is -2.15. The number of ether oxygens (including phenoxy) is 1. The number of hydrogen-bond donors (Lipinski definition) is 1. The first-order valence-corrected chi connectivity index (χ1v) is 4.28. The van der Waals surface area contributed by atoms with Crippen molar-refractivity contribution < 1.29 is 28.2 Å². The number of hydrogen-bond acceptors (Lipinski definition) is 3. The van der Waals surface area contributed by atoms with Gasteiger partial charge >= 0.3 is 5.97 Å². The lowest BCUT2D eigenvalue weighted by molar-refractivity contribution is -0.141. The van der Waals surface area contributed by atoms with Crippen LogP contribution in [-0.2, 0) is 9.53 Å². The van der Waals surface area contributed by atoms with E-state index in [1.807, 2.05) is 0 Å². The van der Waals surface area contributed by atoms with Crippen LogP contribution in [-0.4, -0.2) is 30.1 Å². The van der Waals surface area contributed by atoms with Crippen LogP contribution >= 0.6 is 0 Å². The molecular formula is C10H8F2O4. The summed E-state index contributed by atoms with van der Waals surface area (Å²) in [5.41, 5.74) is -0.327. The van der Waals surface area contributed by atoms with Crippen molar-refractivity contribution in [1.29, 1.82) is 0 Å². The van der Waals surface area contributed by atoms with Crippen LogP contribution in [0.4, 0.5) is 8.78 Å². The molecule has 0 unspecified atom stereocenters. The second-order valence-corrected chi connectivity index (χ2v) is 2.93. The first-order valence-electron chi connectivity index (χ1n) is 4.28. The van der Waals surface area contributed by atoms with Gasteiger partial charge in [0.25, 0.3) is 0 Å². The highest BCUT2D eigenvalue weighted by atomic mass is 19.1. The molecule has 4 nitrogen and oxygen atoms in total. The van der Waals surface area contributed by atoms with E-state index in [1.165, 1.54) is 0 Å². The van der Waals surface area contributed by atoms with Crippen LogP contribution in [0.1, 0.15) is 10.4 Å². The summed E-state index contributed by atoms with van der Waals surface area (Å²) in [5.74, 6) is -3.75. The minimum Gasteiger partial charge on any atom is -0.480 e. The molecule has 16 heavy (non-hydrogen) atoms. The molecule has 0 atom stereocenters. The largest absolute Gasteiger partial charge is 0.480 e. The van der Waals surface area contributed by atoms with Crippen LogP contribution in [0.5, 0.6) is 0 Å². The molecule has 0 saturated carbocycles. The normalized spacial score (nSPS) is 10.1. The highest BCUT2D eigenvalue weighted by molar-refractivity contribution is 5.97. The number of benzene rings is 1. The Kier molecular flexibility index (Phi) is 4.07. The number of ketones is 1. The third kappa shape index (κ3) is 3.39. The fraction of sp³-hybridized carbons (Fsp3) is 0.200. The molecule has 0 aliphatic carbocycles. The summed E-state index contributed by atoms with van der Waals surface area (Å²) >= 11 is 0. The summed E-state index contributed by atoms with van der Waals surface area (Å²) in [6, 6.07) is 2.50. The third-order valence-electron chi connectivity index (χ3n) is 1.69. The number of Topliss-reactive ketones (excluding diaryl/α,β-unsaturated/α-hetero) is 1. The molecule has 1 rings (SSSR count). The van der Waals surface area contributed by atoms with E-state index >= 15 is 0 Å². The predicted molar refractivity (Wildman–Crippen MR) is 49.1 cm³/mol. The van der Waals surface area contributed by atoms with Crippen LogP contribution in [0.3, 0.4) is 0 Å². The van der Waals surface area contributed by atoms with E-state index in [0.717, 1.165) is 12.1 Å². The van der Waals surface area contributed by atoms with Crippen LogP contribution < -0.4 is 0 Å². The number of halogens is 2. The second-order valence-electron chi connectivity index (χ2n) is 2.93. The second kappa shape index (κ2) is 5.32. The van der Waals surface area contributed by atoms with Gasteiger partial charge in [0.15, 0.2) is 5.78 Å². The van der Waals surface area contributed by atoms with Gasteiger partial charge < -0.3 is 9.84 Å². The molecule has 86 valence electrons. The van der Waals surface area contributed by atoms with Crippen molar-refractivity contribution in [3.63, 3.8) is 0 Å². The maximum atomic E-state index is 13.1. The molecule has 0 spiro atoms. The van der Waals surface area contributed by atoms with E-state index in [1.54, 1.807) is 0 Å². The zero-order valence-electron chi connectivity index (χ0n) is 8.07. The first-order chi connectivity index (χ1) is 7.50. The first kappa shape index (κ1) is 12.3. The Bertz CT molecular complexity index is 417. The number of carboxylic acid groups (broad SMARTS) is 1. The van der Waals surface area contributed by atoms with E-state index in [0.29, 0.717) is 6.07 Å². The molecule has 0 aliphatic heterocycles. The van der Waals surface area contributed by atoms with Crippen molar-refractivity contribution >= 4 is 11.8 Å². The smallest absolute Gasteiger partial charge is 0.329 e. The number of carboxylic acids is 1. The van der Waals surface area contributed by atoms with E-state index in [-0.39, 0.29) is 5.56 Å². The Morgan fingerprint density at radius 2 is 1.94 bits per heavy atom. The molecule has 0 fully saturated rings. The van der Waals surface area contributed by atoms with Crippen LogP contribution in [0.2, 0.25) is 0 Å². The van der Waals surface area contributed by atoms with E-state index in [4.69, 9.17) is 5.11 Å². The average Bonchev–Trinajstić information content (AvgIpc) is 2.16. The highest BCUT2D eigenvalue weighted by Crippen LogP contribution is 2.10. The number of rotatable bonds is 5. The molecule has 0 heterocycles.